The molecule has 0 radical (unpaired) electrons. The lowest BCUT2D eigenvalue weighted by atomic mass is 9.97. The third-order valence-electron chi connectivity index (χ3n) is 4.60. The van der Waals surface area contributed by atoms with Crippen molar-refractivity contribution in [2.75, 3.05) is 18.0 Å². The SMILES string of the molecule is O=C(NCc1ccccc1)C1CCCN(c2nnc(-n3cccc3)s2)C1. The number of benzene rings is 1. The van der Waals surface area contributed by atoms with Gasteiger partial charge in [-0.1, -0.05) is 41.7 Å². The van der Waals surface area contributed by atoms with Gasteiger partial charge in [-0.15, -0.1) is 10.2 Å². The predicted molar refractivity (Wildman–Crippen MR) is 102 cm³/mol. The molecule has 1 saturated heterocycles. The van der Waals surface area contributed by atoms with Gasteiger partial charge in [0.15, 0.2) is 0 Å². The minimum atomic E-state index is -0.00797. The number of anilines is 1. The minimum absolute atomic E-state index is 0.00797. The highest BCUT2D eigenvalue weighted by Gasteiger charge is 2.27. The summed E-state index contributed by atoms with van der Waals surface area (Å²) >= 11 is 1.56. The van der Waals surface area contributed by atoms with Crippen LogP contribution in [-0.4, -0.2) is 33.8 Å². The highest BCUT2D eigenvalue weighted by atomic mass is 32.1. The first-order valence-corrected chi connectivity index (χ1v) is 9.65. The van der Waals surface area contributed by atoms with E-state index in [1.54, 1.807) is 11.3 Å². The molecule has 0 saturated carbocycles. The first kappa shape index (κ1) is 16.8. The van der Waals surface area contributed by atoms with Crippen molar-refractivity contribution in [3.8, 4) is 5.13 Å². The van der Waals surface area contributed by atoms with Gasteiger partial charge in [-0.3, -0.25) is 9.36 Å². The zero-order chi connectivity index (χ0) is 17.8. The van der Waals surface area contributed by atoms with Crippen LogP contribution in [0.4, 0.5) is 5.13 Å². The van der Waals surface area contributed by atoms with E-state index in [4.69, 9.17) is 0 Å². The van der Waals surface area contributed by atoms with Crippen LogP contribution in [0.2, 0.25) is 0 Å². The topological polar surface area (TPSA) is 63.1 Å². The van der Waals surface area contributed by atoms with Crippen LogP contribution in [0.25, 0.3) is 5.13 Å². The Kier molecular flexibility index (Phi) is 4.97. The van der Waals surface area contributed by atoms with Crippen LogP contribution >= 0.6 is 11.3 Å². The number of carbonyl (C=O) groups is 1. The second kappa shape index (κ2) is 7.70. The average molecular weight is 367 g/mol. The quantitative estimate of drug-likeness (QED) is 0.753. The number of amides is 1. The predicted octanol–water partition coefficient (Wildman–Crippen LogP) is 2.86. The van der Waals surface area contributed by atoms with Crippen LogP contribution in [0.3, 0.4) is 0 Å². The van der Waals surface area contributed by atoms with Gasteiger partial charge in [0.25, 0.3) is 0 Å². The summed E-state index contributed by atoms with van der Waals surface area (Å²) in [4.78, 5) is 14.7. The largest absolute Gasteiger partial charge is 0.352 e. The molecule has 1 unspecified atom stereocenters. The molecule has 7 heteroatoms. The van der Waals surface area contributed by atoms with Gasteiger partial charge in [0.1, 0.15) is 0 Å². The maximum atomic E-state index is 12.6. The number of aromatic nitrogens is 3. The first-order valence-electron chi connectivity index (χ1n) is 8.83. The highest BCUT2D eigenvalue weighted by molar-refractivity contribution is 7.17. The molecule has 1 aromatic carbocycles. The lowest BCUT2D eigenvalue weighted by molar-refractivity contribution is -0.125. The average Bonchev–Trinajstić information content (AvgIpc) is 3.38. The van der Waals surface area contributed by atoms with Gasteiger partial charge in [-0.25, -0.2) is 0 Å². The fourth-order valence-electron chi connectivity index (χ4n) is 3.20. The van der Waals surface area contributed by atoms with Crippen LogP contribution in [0.15, 0.2) is 54.9 Å². The molecule has 1 aliphatic rings. The van der Waals surface area contributed by atoms with E-state index in [2.05, 4.69) is 20.4 Å². The Labute approximate surface area is 156 Å². The van der Waals surface area contributed by atoms with Gasteiger partial charge in [-0.2, -0.15) is 0 Å². The van der Waals surface area contributed by atoms with Crippen LogP contribution in [0, 0.1) is 5.92 Å². The van der Waals surface area contributed by atoms with E-state index in [-0.39, 0.29) is 11.8 Å². The fraction of sp³-hybridized carbons (Fsp3) is 0.316. The van der Waals surface area contributed by atoms with Gasteiger partial charge >= 0.3 is 0 Å². The summed E-state index contributed by atoms with van der Waals surface area (Å²) in [5.74, 6) is 0.111. The van der Waals surface area contributed by atoms with Crippen molar-refractivity contribution >= 4 is 22.4 Å². The summed E-state index contributed by atoms with van der Waals surface area (Å²) in [6.45, 7) is 2.19. The lowest BCUT2D eigenvalue weighted by Gasteiger charge is -2.31. The summed E-state index contributed by atoms with van der Waals surface area (Å²) in [5.41, 5.74) is 1.12. The van der Waals surface area contributed by atoms with Crippen LogP contribution in [0.1, 0.15) is 18.4 Å². The van der Waals surface area contributed by atoms with Crippen molar-refractivity contribution in [2.24, 2.45) is 5.92 Å². The molecule has 3 aromatic rings. The third kappa shape index (κ3) is 3.77. The molecule has 1 atom stereocenters. The van der Waals surface area contributed by atoms with Crippen LogP contribution in [-0.2, 0) is 11.3 Å². The van der Waals surface area contributed by atoms with Gasteiger partial charge in [0.2, 0.25) is 16.2 Å². The Balaban J connectivity index is 1.37. The molecule has 6 nitrogen and oxygen atoms in total. The minimum Gasteiger partial charge on any atom is -0.352 e. The number of piperidine rings is 1. The Morgan fingerprint density at radius 3 is 2.69 bits per heavy atom. The standard InChI is InChI=1S/C19H21N5OS/c25-17(20-13-15-7-2-1-3-8-15)16-9-6-12-24(14-16)19-22-21-18(26-19)23-10-4-5-11-23/h1-5,7-8,10-11,16H,6,9,12-14H2,(H,20,25). The molecule has 0 spiro atoms. The van der Waals surface area contributed by atoms with Crippen molar-refractivity contribution in [2.45, 2.75) is 19.4 Å². The summed E-state index contributed by atoms with van der Waals surface area (Å²) in [6, 6.07) is 13.9. The van der Waals surface area contributed by atoms with Crippen molar-refractivity contribution in [1.29, 1.82) is 0 Å². The molecule has 4 rings (SSSR count). The molecule has 1 N–H and O–H groups in total. The van der Waals surface area contributed by atoms with E-state index < -0.39 is 0 Å². The number of nitrogens with zero attached hydrogens (tertiary/aromatic N) is 4. The number of carbonyl (C=O) groups excluding carboxylic acids is 1. The number of nitrogens with one attached hydrogen (secondary N) is 1. The summed E-state index contributed by atoms with van der Waals surface area (Å²) in [7, 11) is 0. The van der Waals surface area contributed by atoms with Gasteiger partial charge in [0, 0.05) is 32.0 Å². The van der Waals surface area contributed by atoms with Crippen LogP contribution in [0.5, 0.6) is 0 Å². The van der Waals surface area contributed by atoms with Crippen molar-refractivity contribution in [3.63, 3.8) is 0 Å². The van der Waals surface area contributed by atoms with E-state index in [0.29, 0.717) is 13.1 Å². The number of rotatable bonds is 5. The smallest absolute Gasteiger partial charge is 0.225 e. The van der Waals surface area contributed by atoms with Gasteiger partial charge in [-0.05, 0) is 30.5 Å². The fourth-order valence-corrected chi connectivity index (χ4v) is 4.05. The normalized spacial score (nSPS) is 17.2. The summed E-state index contributed by atoms with van der Waals surface area (Å²) in [6.07, 6.45) is 5.82. The number of hydrogen-bond acceptors (Lipinski definition) is 5. The molecule has 0 aliphatic carbocycles. The molecule has 134 valence electrons. The molecule has 2 aromatic heterocycles. The van der Waals surface area contributed by atoms with Gasteiger partial charge in [0.05, 0.1) is 5.92 Å². The molecule has 0 bridgehead atoms. The number of hydrogen-bond donors (Lipinski definition) is 1. The van der Waals surface area contributed by atoms with Gasteiger partial charge < -0.3 is 10.2 Å². The molecule has 1 aliphatic heterocycles. The third-order valence-corrected chi connectivity index (χ3v) is 5.60. The van der Waals surface area contributed by atoms with E-state index in [9.17, 15) is 4.79 Å². The lowest BCUT2D eigenvalue weighted by Crippen LogP contribution is -2.43. The van der Waals surface area contributed by atoms with Crippen LogP contribution < -0.4 is 10.2 Å². The molecular weight excluding hydrogens is 346 g/mol. The molecular formula is C19H21N5OS. The van der Waals surface area contributed by atoms with E-state index in [1.165, 1.54) is 0 Å². The molecule has 1 amide bonds. The highest BCUT2D eigenvalue weighted by Crippen LogP contribution is 2.27. The maximum absolute atomic E-state index is 12.6. The second-order valence-electron chi connectivity index (χ2n) is 6.45. The van der Waals surface area contributed by atoms with E-state index in [0.717, 1.165) is 35.2 Å². The van der Waals surface area contributed by atoms with Crippen molar-refractivity contribution < 1.29 is 4.79 Å². The summed E-state index contributed by atoms with van der Waals surface area (Å²) in [5, 5.41) is 13.4. The molecule has 3 heterocycles. The Hall–Kier alpha value is -2.67. The zero-order valence-electron chi connectivity index (χ0n) is 14.4. The monoisotopic (exact) mass is 367 g/mol. The Morgan fingerprint density at radius 2 is 1.88 bits per heavy atom. The van der Waals surface area contributed by atoms with E-state index >= 15 is 0 Å². The Morgan fingerprint density at radius 1 is 1.12 bits per heavy atom. The van der Waals surface area contributed by atoms with Crippen molar-refractivity contribution in [1.82, 2.24) is 20.1 Å². The summed E-state index contributed by atoms with van der Waals surface area (Å²) < 4.78 is 1.95. The zero-order valence-corrected chi connectivity index (χ0v) is 15.2. The molecule has 26 heavy (non-hydrogen) atoms. The molecule has 1 fully saturated rings. The maximum Gasteiger partial charge on any atom is 0.225 e. The second-order valence-corrected chi connectivity index (χ2v) is 7.38. The van der Waals surface area contributed by atoms with Crippen molar-refractivity contribution in [3.05, 3.63) is 60.4 Å². The Bertz CT molecular complexity index is 846. The first-order chi connectivity index (χ1) is 12.8. The van der Waals surface area contributed by atoms with E-state index in [1.807, 2.05) is 59.4 Å².